The minimum atomic E-state index is -0.346. The molecule has 5 nitrogen and oxygen atoms in total. The number of esters is 2. The van der Waals surface area contributed by atoms with Crippen LogP contribution in [0.2, 0.25) is 0 Å². The molecule has 2 saturated carbocycles. The Morgan fingerprint density at radius 1 is 1.18 bits per heavy atom. The van der Waals surface area contributed by atoms with Gasteiger partial charge in [-0.05, 0) is 76.9 Å². The van der Waals surface area contributed by atoms with Gasteiger partial charge in [-0.25, -0.2) is 0 Å². The van der Waals surface area contributed by atoms with Crippen molar-refractivity contribution in [2.75, 3.05) is 0 Å². The van der Waals surface area contributed by atoms with Gasteiger partial charge in [0.05, 0.1) is 3.57 Å². The third-order valence-electron chi connectivity index (χ3n) is 7.06. The van der Waals surface area contributed by atoms with Gasteiger partial charge in [0, 0.05) is 38.0 Å². The second-order valence-electron chi connectivity index (χ2n) is 8.64. The smallest absolute Gasteiger partial charge is 0.308 e. The Kier molecular flexibility index (Phi) is 5.04. The van der Waals surface area contributed by atoms with Gasteiger partial charge < -0.3 is 9.47 Å². The standard InChI is InChI=1S/C22H25IO5/c1-11(24)27-18-8-13-9-19(28-12(2)25)21-14(15(13)10-17(18)23)6-7-22(3)16(21)4-5-20(22)26/h8,10,14,16,19,21H,4-7,9H2,1-3H3/t14-,16+,19+,21-,22+/m1/s1. The second kappa shape index (κ2) is 7.11. The Morgan fingerprint density at radius 3 is 2.61 bits per heavy atom. The summed E-state index contributed by atoms with van der Waals surface area (Å²) in [5.74, 6) is 0.971. The Bertz CT molecular complexity index is 863. The average Bonchev–Trinajstić information content (AvgIpc) is 2.90. The predicted octanol–water partition coefficient (Wildman–Crippen LogP) is 4.18. The maximum atomic E-state index is 12.6. The van der Waals surface area contributed by atoms with E-state index in [2.05, 4.69) is 35.6 Å². The van der Waals surface area contributed by atoms with Crippen LogP contribution in [0.3, 0.4) is 0 Å². The average molecular weight is 496 g/mol. The van der Waals surface area contributed by atoms with Crippen LogP contribution in [0.4, 0.5) is 0 Å². The quantitative estimate of drug-likeness (QED) is 0.349. The highest BCUT2D eigenvalue weighted by molar-refractivity contribution is 14.1. The van der Waals surface area contributed by atoms with Gasteiger partial charge in [-0.2, -0.15) is 0 Å². The highest BCUT2D eigenvalue weighted by Gasteiger charge is 2.57. The summed E-state index contributed by atoms with van der Waals surface area (Å²) in [5.41, 5.74) is 2.05. The number of rotatable bonds is 2. The molecule has 3 aliphatic carbocycles. The summed E-state index contributed by atoms with van der Waals surface area (Å²) in [5, 5.41) is 0. The second-order valence-corrected chi connectivity index (χ2v) is 9.80. The number of Topliss-reactive ketones (excluding diaryl/α,β-unsaturated/α-hetero) is 1. The fourth-order valence-electron chi connectivity index (χ4n) is 5.90. The van der Waals surface area contributed by atoms with Crippen molar-refractivity contribution >= 4 is 40.3 Å². The monoisotopic (exact) mass is 496 g/mol. The van der Waals surface area contributed by atoms with Gasteiger partial charge in [0.15, 0.2) is 0 Å². The van der Waals surface area contributed by atoms with E-state index in [0.717, 1.165) is 28.4 Å². The third kappa shape index (κ3) is 3.17. The first kappa shape index (κ1) is 19.9. The molecule has 0 aromatic heterocycles. The first-order valence-electron chi connectivity index (χ1n) is 9.92. The first-order chi connectivity index (χ1) is 13.2. The van der Waals surface area contributed by atoms with Crippen molar-refractivity contribution in [3.05, 3.63) is 26.8 Å². The zero-order chi connectivity index (χ0) is 20.2. The van der Waals surface area contributed by atoms with Gasteiger partial charge in [-0.1, -0.05) is 6.92 Å². The van der Waals surface area contributed by atoms with Crippen LogP contribution in [0.25, 0.3) is 0 Å². The van der Waals surface area contributed by atoms with Gasteiger partial charge in [0.25, 0.3) is 0 Å². The molecular weight excluding hydrogens is 471 g/mol. The topological polar surface area (TPSA) is 69.7 Å². The van der Waals surface area contributed by atoms with Crippen molar-refractivity contribution in [1.29, 1.82) is 0 Å². The van der Waals surface area contributed by atoms with Crippen LogP contribution in [0.5, 0.6) is 5.75 Å². The van der Waals surface area contributed by atoms with Gasteiger partial charge in [-0.15, -0.1) is 0 Å². The lowest BCUT2D eigenvalue weighted by atomic mass is 9.55. The lowest BCUT2D eigenvalue weighted by molar-refractivity contribution is -0.155. The maximum absolute atomic E-state index is 12.6. The molecule has 3 aliphatic rings. The molecule has 6 heteroatoms. The highest BCUT2D eigenvalue weighted by atomic mass is 127. The molecule has 0 heterocycles. The Hall–Kier alpha value is -1.44. The zero-order valence-corrected chi connectivity index (χ0v) is 18.6. The first-order valence-corrected chi connectivity index (χ1v) is 11.0. The van der Waals surface area contributed by atoms with E-state index in [-0.39, 0.29) is 41.2 Å². The molecule has 0 N–H and O–H groups in total. The summed E-state index contributed by atoms with van der Waals surface area (Å²) in [6, 6.07) is 4.05. The molecule has 0 bridgehead atoms. The van der Waals surface area contributed by atoms with Crippen molar-refractivity contribution in [3.63, 3.8) is 0 Å². The van der Waals surface area contributed by atoms with E-state index in [0.29, 0.717) is 24.4 Å². The summed E-state index contributed by atoms with van der Waals surface area (Å²) in [4.78, 5) is 35.9. The molecular formula is C22H25IO5. The molecule has 0 unspecified atom stereocenters. The van der Waals surface area contributed by atoms with Crippen LogP contribution in [-0.4, -0.2) is 23.8 Å². The molecule has 1 aromatic rings. The summed E-state index contributed by atoms with van der Waals surface area (Å²) in [6.45, 7) is 4.95. The van der Waals surface area contributed by atoms with Crippen molar-refractivity contribution in [2.45, 2.75) is 64.9 Å². The van der Waals surface area contributed by atoms with E-state index >= 15 is 0 Å². The van der Waals surface area contributed by atoms with E-state index < -0.39 is 0 Å². The number of fused-ring (bicyclic) bond motifs is 5. The number of ketones is 1. The van der Waals surface area contributed by atoms with Crippen molar-refractivity contribution in [3.8, 4) is 5.75 Å². The van der Waals surface area contributed by atoms with E-state index in [9.17, 15) is 14.4 Å². The Labute approximate surface area is 178 Å². The van der Waals surface area contributed by atoms with Crippen LogP contribution in [0.1, 0.15) is 63.5 Å². The number of hydrogen-bond donors (Lipinski definition) is 0. The fourth-order valence-corrected chi connectivity index (χ4v) is 6.50. The predicted molar refractivity (Wildman–Crippen MR) is 111 cm³/mol. The number of ether oxygens (including phenoxy) is 2. The van der Waals surface area contributed by atoms with Crippen molar-refractivity contribution < 1.29 is 23.9 Å². The van der Waals surface area contributed by atoms with E-state index in [1.807, 2.05) is 6.07 Å². The molecule has 4 rings (SSSR count). The summed E-state index contributed by atoms with van der Waals surface area (Å²) < 4.78 is 12.1. The zero-order valence-electron chi connectivity index (χ0n) is 16.4. The van der Waals surface area contributed by atoms with Crippen LogP contribution >= 0.6 is 22.6 Å². The molecule has 0 spiro atoms. The highest BCUT2D eigenvalue weighted by Crippen LogP contribution is 2.60. The number of hydrogen-bond acceptors (Lipinski definition) is 5. The molecule has 2 fully saturated rings. The molecule has 28 heavy (non-hydrogen) atoms. The molecule has 0 saturated heterocycles. The largest absolute Gasteiger partial charge is 0.462 e. The van der Waals surface area contributed by atoms with Gasteiger partial charge in [-0.3, -0.25) is 14.4 Å². The third-order valence-corrected chi connectivity index (χ3v) is 7.90. The summed E-state index contributed by atoms with van der Waals surface area (Å²) >= 11 is 2.21. The van der Waals surface area contributed by atoms with Crippen LogP contribution < -0.4 is 4.74 Å². The lowest BCUT2D eigenvalue weighted by Crippen LogP contribution is -2.49. The molecule has 0 radical (unpaired) electrons. The van der Waals surface area contributed by atoms with Crippen LogP contribution in [-0.2, 0) is 25.5 Å². The normalized spacial score (nSPS) is 33.5. The minimum Gasteiger partial charge on any atom is -0.462 e. The molecule has 0 aliphatic heterocycles. The molecule has 1 aromatic carbocycles. The SMILES string of the molecule is CC(=O)Oc1cc2c(cc1I)[C@H]1CC[C@]3(C)C(=O)CC[C@H]3[C@@H]1[C@@H](OC(C)=O)C2. The summed E-state index contributed by atoms with van der Waals surface area (Å²) in [7, 11) is 0. The van der Waals surface area contributed by atoms with E-state index in [1.165, 1.54) is 19.4 Å². The minimum absolute atomic E-state index is 0.164. The van der Waals surface area contributed by atoms with Crippen LogP contribution in [0, 0.1) is 20.8 Å². The van der Waals surface area contributed by atoms with E-state index in [1.54, 1.807) is 0 Å². The van der Waals surface area contributed by atoms with E-state index in [4.69, 9.17) is 9.47 Å². The van der Waals surface area contributed by atoms with Gasteiger partial charge in [0.1, 0.15) is 17.6 Å². The Morgan fingerprint density at radius 2 is 1.93 bits per heavy atom. The van der Waals surface area contributed by atoms with Gasteiger partial charge in [0.2, 0.25) is 0 Å². The lowest BCUT2D eigenvalue weighted by Gasteiger charge is -2.50. The molecule has 0 amide bonds. The number of carbonyl (C=O) groups is 3. The van der Waals surface area contributed by atoms with Gasteiger partial charge >= 0.3 is 11.9 Å². The number of carbonyl (C=O) groups excluding carboxylic acids is 3. The van der Waals surface area contributed by atoms with Crippen molar-refractivity contribution in [1.82, 2.24) is 0 Å². The number of benzene rings is 1. The fraction of sp³-hybridized carbons (Fsp3) is 0.591. The molecule has 150 valence electrons. The molecule has 5 atom stereocenters. The van der Waals surface area contributed by atoms with Crippen molar-refractivity contribution in [2.24, 2.45) is 17.3 Å². The van der Waals surface area contributed by atoms with Crippen LogP contribution in [0.15, 0.2) is 12.1 Å². The Balaban J connectivity index is 1.78. The summed E-state index contributed by atoms with van der Waals surface area (Å²) in [6.07, 6.45) is 3.67. The maximum Gasteiger partial charge on any atom is 0.308 e. The number of halogens is 1.